The Kier molecular flexibility index (Phi) is 6.94. The molecular formula is C30H32O9. The Bertz CT molecular complexity index is 1400. The molecule has 1 N–H and O–H groups in total. The van der Waals surface area contributed by atoms with Crippen molar-refractivity contribution in [2.24, 2.45) is 5.92 Å². The summed E-state index contributed by atoms with van der Waals surface area (Å²) in [5, 5.41) is 12.1. The van der Waals surface area contributed by atoms with Crippen molar-refractivity contribution in [2.75, 3.05) is 35.2 Å². The second-order valence-corrected chi connectivity index (χ2v) is 9.77. The van der Waals surface area contributed by atoms with Gasteiger partial charge in [-0.25, -0.2) is 4.79 Å². The number of benzene rings is 3. The van der Waals surface area contributed by atoms with E-state index in [1.165, 1.54) is 14.2 Å². The Morgan fingerprint density at radius 1 is 0.923 bits per heavy atom. The Balaban J connectivity index is 1.86. The van der Waals surface area contributed by atoms with Crippen molar-refractivity contribution < 1.29 is 43.1 Å². The molecule has 9 nitrogen and oxygen atoms in total. The van der Waals surface area contributed by atoms with Gasteiger partial charge in [0.1, 0.15) is 5.60 Å². The monoisotopic (exact) mass is 536 g/mol. The molecule has 1 aliphatic carbocycles. The quantitative estimate of drug-likeness (QED) is 0.438. The number of carbonyl (C=O) groups excluding carboxylic acids is 1. The molecule has 0 saturated carbocycles. The fourth-order valence-electron chi connectivity index (χ4n) is 5.37. The van der Waals surface area contributed by atoms with Gasteiger partial charge in [0, 0.05) is 16.7 Å². The van der Waals surface area contributed by atoms with E-state index in [2.05, 4.69) is 0 Å². The average molecular weight is 537 g/mol. The van der Waals surface area contributed by atoms with Crippen LogP contribution in [0.4, 0.5) is 0 Å². The molecule has 3 atom stereocenters. The summed E-state index contributed by atoms with van der Waals surface area (Å²) in [6.07, 6.45) is -0.709. The lowest BCUT2D eigenvalue weighted by molar-refractivity contribution is -0.107. The summed E-state index contributed by atoms with van der Waals surface area (Å²) >= 11 is 0. The van der Waals surface area contributed by atoms with Crippen LogP contribution in [0.3, 0.4) is 0 Å². The Labute approximate surface area is 227 Å². The third-order valence-electron chi connectivity index (χ3n) is 7.59. The standard InChI is InChI=1S/C30H32O9/c1-16-12-18-13-20(33-3)24(34-4)26(35-5)22(18)23-19(14-21-25(27(23)36-6)38-15-37-21)28(30(16,2)32)39-29(31)17-10-8-7-9-11-17/h7-11,13-14,16,28,32H,12,15H2,1-6H3/t16?,28?,30-/m0/s1. The van der Waals surface area contributed by atoms with Crippen LogP contribution >= 0.6 is 0 Å². The lowest BCUT2D eigenvalue weighted by Crippen LogP contribution is -2.43. The van der Waals surface area contributed by atoms with Gasteiger partial charge >= 0.3 is 5.97 Å². The molecule has 0 spiro atoms. The number of ether oxygens (including phenoxy) is 7. The third kappa shape index (κ3) is 4.27. The fraction of sp³-hybridized carbons (Fsp3) is 0.367. The molecule has 1 aliphatic heterocycles. The van der Waals surface area contributed by atoms with Gasteiger partial charge in [-0.15, -0.1) is 0 Å². The van der Waals surface area contributed by atoms with E-state index in [0.717, 1.165) is 5.56 Å². The first-order chi connectivity index (χ1) is 18.8. The van der Waals surface area contributed by atoms with Gasteiger partial charge < -0.3 is 38.3 Å². The van der Waals surface area contributed by atoms with Crippen LogP contribution in [0.25, 0.3) is 11.1 Å². The van der Waals surface area contributed by atoms with Gasteiger partial charge in [-0.05, 0) is 49.1 Å². The highest BCUT2D eigenvalue weighted by molar-refractivity contribution is 5.91. The summed E-state index contributed by atoms with van der Waals surface area (Å²) in [6, 6.07) is 12.3. The van der Waals surface area contributed by atoms with E-state index in [-0.39, 0.29) is 12.7 Å². The van der Waals surface area contributed by atoms with Crippen molar-refractivity contribution >= 4 is 5.97 Å². The molecule has 0 fully saturated rings. The van der Waals surface area contributed by atoms with Crippen LogP contribution in [0.5, 0.6) is 34.5 Å². The lowest BCUT2D eigenvalue weighted by atomic mass is 9.73. The first-order valence-corrected chi connectivity index (χ1v) is 12.6. The van der Waals surface area contributed by atoms with E-state index in [9.17, 15) is 9.90 Å². The average Bonchev–Trinajstić information content (AvgIpc) is 3.42. The number of hydrogen-bond donors (Lipinski definition) is 1. The Morgan fingerprint density at radius 3 is 2.26 bits per heavy atom. The number of esters is 1. The van der Waals surface area contributed by atoms with Gasteiger partial charge in [-0.3, -0.25) is 0 Å². The zero-order chi connectivity index (χ0) is 27.9. The molecule has 3 aromatic carbocycles. The van der Waals surface area contributed by atoms with E-state index in [1.807, 2.05) is 19.1 Å². The van der Waals surface area contributed by atoms with Crippen LogP contribution in [-0.4, -0.2) is 51.9 Å². The molecule has 0 saturated heterocycles. The predicted molar refractivity (Wildman–Crippen MR) is 142 cm³/mol. The largest absolute Gasteiger partial charge is 0.493 e. The highest BCUT2D eigenvalue weighted by Gasteiger charge is 2.47. The highest BCUT2D eigenvalue weighted by atomic mass is 16.7. The van der Waals surface area contributed by atoms with Gasteiger partial charge in [0.05, 0.1) is 34.0 Å². The van der Waals surface area contributed by atoms with Crippen molar-refractivity contribution in [2.45, 2.75) is 32.0 Å². The zero-order valence-electron chi connectivity index (χ0n) is 22.8. The second-order valence-electron chi connectivity index (χ2n) is 9.77. The molecule has 2 aliphatic rings. The minimum Gasteiger partial charge on any atom is -0.493 e. The number of rotatable bonds is 6. The molecule has 0 bridgehead atoms. The Morgan fingerprint density at radius 2 is 1.62 bits per heavy atom. The smallest absolute Gasteiger partial charge is 0.338 e. The number of aliphatic hydroxyl groups is 1. The first kappa shape index (κ1) is 26.5. The Hall–Kier alpha value is -4.11. The third-order valence-corrected chi connectivity index (χ3v) is 7.59. The zero-order valence-corrected chi connectivity index (χ0v) is 22.8. The van der Waals surface area contributed by atoms with Crippen molar-refractivity contribution in [1.82, 2.24) is 0 Å². The maximum Gasteiger partial charge on any atom is 0.338 e. The molecule has 0 amide bonds. The van der Waals surface area contributed by atoms with Crippen LogP contribution in [0, 0.1) is 5.92 Å². The summed E-state index contributed by atoms with van der Waals surface area (Å²) in [5.74, 6) is 1.51. The van der Waals surface area contributed by atoms with Gasteiger partial charge in [-0.2, -0.15) is 0 Å². The van der Waals surface area contributed by atoms with Gasteiger partial charge in [0.2, 0.25) is 18.3 Å². The summed E-state index contributed by atoms with van der Waals surface area (Å²) in [4.78, 5) is 13.4. The molecular weight excluding hydrogens is 504 g/mol. The summed E-state index contributed by atoms with van der Waals surface area (Å²) in [7, 11) is 6.15. The van der Waals surface area contributed by atoms with Crippen molar-refractivity contribution in [3.63, 3.8) is 0 Å². The highest BCUT2D eigenvalue weighted by Crippen LogP contribution is 2.59. The van der Waals surface area contributed by atoms with Crippen LogP contribution in [0.1, 0.15) is 41.4 Å². The fourth-order valence-corrected chi connectivity index (χ4v) is 5.37. The minimum absolute atomic E-state index is 0.00816. The van der Waals surface area contributed by atoms with Crippen LogP contribution in [0.15, 0.2) is 42.5 Å². The van der Waals surface area contributed by atoms with Crippen molar-refractivity contribution in [1.29, 1.82) is 0 Å². The van der Waals surface area contributed by atoms with E-state index in [4.69, 9.17) is 33.2 Å². The molecule has 5 rings (SSSR count). The molecule has 3 aromatic rings. The number of carbonyl (C=O) groups is 1. The predicted octanol–water partition coefficient (Wildman–Crippen LogP) is 4.96. The number of fused-ring (bicyclic) bond motifs is 4. The molecule has 39 heavy (non-hydrogen) atoms. The molecule has 0 radical (unpaired) electrons. The molecule has 9 heteroatoms. The SMILES string of the molecule is COc1cc2c(c(OC)c1OC)-c1c(cc3c(c1OC)OCO3)C(OC(=O)c1ccccc1)[C@@](C)(O)C(C)C2. The lowest BCUT2D eigenvalue weighted by Gasteiger charge is -2.41. The normalized spacial score (nSPS) is 21.1. The minimum atomic E-state index is -1.50. The summed E-state index contributed by atoms with van der Waals surface area (Å²) in [5.41, 5.74) is 1.35. The molecule has 0 aromatic heterocycles. The molecule has 1 heterocycles. The van der Waals surface area contributed by atoms with E-state index < -0.39 is 17.7 Å². The van der Waals surface area contributed by atoms with Crippen LogP contribution < -0.4 is 28.4 Å². The van der Waals surface area contributed by atoms with Crippen molar-refractivity contribution in [3.05, 3.63) is 59.2 Å². The van der Waals surface area contributed by atoms with Crippen LogP contribution in [-0.2, 0) is 11.2 Å². The molecule has 206 valence electrons. The van der Waals surface area contributed by atoms with Gasteiger partial charge in [-0.1, -0.05) is 25.1 Å². The van der Waals surface area contributed by atoms with Gasteiger partial charge in [0.15, 0.2) is 29.1 Å². The topological polar surface area (TPSA) is 102 Å². The van der Waals surface area contributed by atoms with Crippen LogP contribution in [0.2, 0.25) is 0 Å². The maximum absolute atomic E-state index is 13.4. The maximum atomic E-state index is 13.4. The number of hydrogen-bond acceptors (Lipinski definition) is 9. The second kappa shape index (κ2) is 10.2. The summed E-state index contributed by atoms with van der Waals surface area (Å²) in [6.45, 7) is 3.57. The van der Waals surface area contributed by atoms with Crippen molar-refractivity contribution in [3.8, 4) is 45.6 Å². The van der Waals surface area contributed by atoms with E-state index in [1.54, 1.807) is 51.5 Å². The van der Waals surface area contributed by atoms with E-state index in [0.29, 0.717) is 63.2 Å². The van der Waals surface area contributed by atoms with Gasteiger partial charge in [0.25, 0.3) is 0 Å². The number of methoxy groups -OCH3 is 4. The van der Waals surface area contributed by atoms with E-state index >= 15 is 0 Å². The molecule has 2 unspecified atom stereocenters. The first-order valence-electron chi connectivity index (χ1n) is 12.6. The summed E-state index contributed by atoms with van der Waals surface area (Å²) < 4.78 is 40.8.